The molecule has 0 spiro atoms. The highest BCUT2D eigenvalue weighted by Crippen LogP contribution is 2.27. The number of hydrogen-bond acceptors (Lipinski definition) is 6. The van der Waals surface area contributed by atoms with E-state index in [4.69, 9.17) is 11.6 Å². The maximum Gasteiger partial charge on any atom is 0.271 e. The molecule has 1 N–H and O–H groups in total. The van der Waals surface area contributed by atoms with Crippen LogP contribution in [0, 0.1) is 10.1 Å². The minimum atomic E-state index is -0.516. The highest BCUT2D eigenvalue weighted by atomic mass is 35.5. The molecular weight excluding hydrogens is 400 g/mol. The maximum absolute atomic E-state index is 12.6. The van der Waals surface area contributed by atoms with Crippen LogP contribution in [0.3, 0.4) is 0 Å². The molecular formula is C19H23ClN4O3S. The van der Waals surface area contributed by atoms with Gasteiger partial charge in [-0.05, 0) is 30.9 Å². The molecule has 0 bridgehead atoms. The zero-order valence-corrected chi connectivity index (χ0v) is 17.2. The van der Waals surface area contributed by atoms with Crippen LogP contribution in [0.25, 0.3) is 0 Å². The molecule has 1 unspecified atom stereocenters. The molecule has 150 valence electrons. The summed E-state index contributed by atoms with van der Waals surface area (Å²) >= 11 is 7.85. The van der Waals surface area contributed by atoms with Gasteiger partial charge in [-0.3, -0.25) is 19.8 Å². The van der Waals surface area contributed by atoms with Gasteiger partial charge in [0.25, 0.3) is 5.69 Å². The number of thiophene rings is 1. The third kappa shape index (κ3) is 5.29. The van der Waals surface area contributed by atoms with E-state index >= 15 is 0 Å². The number of nitro benzene ring substituents is 1. The minimum absolute atomic E-state index is 0.102. The van der Waals surface area contributed by atoms with Gasteiger partial charge in [0, 0.05) is 49.7 Å². The molecule has 1 saturated heterocycles. The summed E-state index contributed by atoms with van der Waals surface area (Å²) in [4.78, 5) is 28.8. The van der Waals surface area contributed by atoms with Crippen molar-refractivity contribution in [3.8, 4) is 0 Å². The van der Waals surface area contributed by atoms with Crippen LogP contribution in [0.2, 0.25) is 5.02 Å². The van der Waals surface area contributed by atoms with Crippen molar-refractivity contribution in [1.29, 1.82) is 0 Å². The second kappa shape index (κ2) is 9.47. The second-order valence-electron chi connectivity index (χ2n) is 6.79. The zero-order chi connectivity index (χ0) is 20.1. The number of nitrogens with one attached hydrogen (secondary N) is 1. The fourth-order valence-corrected chi connectivity index (χ4v) is 4.14. The van der Waals surface area contributed by atoms with Crippen molar-refractivity contribution in [3.63, 3.8) is 0 Å². The smallest absolute Gasteiger partial charge is 0.271 e. The van der Waals surface area contributed by atoms with Gasteiger partial charge in [-0.15, -0.1) is 11.3 Å². The number of rotatable bonds is 7. The third-order valence-electron chi connectivity index (χ3n) is 5.01. The van der Waals surface area contributed by atoms with Crippen molar-refractivity contribution in [2.24, 2.45) is 0 Å². The summed E-state index contributed by atoms with van der Waals surface area (Å²) in [5.74, 6) is -0.164. The van der Waals surface area contributed by atoms with Crippen LogP contribution in [-0.2, 0) is 11.2 Å². The van der Waals surface area contributed by atoms with Crippen LogP contribution in [0.4, 0.5) is 11.4 Å². The largest absolute Gasteiger partial charge is 0.323 e. The number of amides is 1. The molecule has 1 fully saturated rings. The highest BCUT2D eigenvalue weighted by molar-refractivity contribution is 7.09. The fraction of sp³-hybridized carbons (Fsp3) is 0.421. The highest BCUT2D eigenvalue weighted by Gasteiger charge is 2.26. The van der Waals surface area contributed by atoms with Gasteiger partial charge in [0.05, 0.1) is 21.7 Å². The van der Waals surface area contributed by atoms with E-state index in [1.165, 1.54) is 23.1 Å². The molecule has 28 heavy (non-hydrogen) atoms. The summed E-state index contributed by atoms with van der Waals surface area (Å²) in [6, 6.07) is 7.98. The van der Waals surface area contributed by atoms with Crippen LogP contribution < -0.4 is 5.32 Å². The first-order valence-corrected chi connectivity index (χ1v) is 10.4. The summed E-state index contributed by atoms with van der Waals surface area (Å²) in [7, 11) is 0. The molecule has 1 aromatic heterocycles. The Labute approximate surface area is 173 Å². The second-order valence-corrected chi connectivity index (χ2v) is 8.23. The zero-order valence-electron chi connectivity index (χ0n) is 15.6. The average molecular weight is 423 g/mol. The number of hydrogen-bond donors (Lipinski definition) is 1. The van der Waals surface area contributed by atoms with Gasteiger partial charge in [-0.1, -0.05) is 17.7 Å². The quantitative estimate of drug-likeness (QED) is 0.545. The van der Waals surface area contributed by atoms with Gasteiger partial charge >= 0.3 is 0 Å². The Bertz CT molecular complexity index is 823. The molecule has 0 radical (unpaired) electrons. The molecule has 1 aliphatic rings. The molecule has 1 aliphatic heterocycles. The Morgan fingerprint density at radius 1 is 1.32 bits per heavy atom. The maximum atomic E-state index is 12.6. The van der Waals surface area contributed by atoms with Crippen LogP contribution in [-0.4, -0.2) is 59.4 Å². The fourth-order valence-electron chi connectivity index (χ4n) is 3.22. The van der Waals surface area contributed by atoms with E-state index in [1.807, 2.05) is 6.92 Å². The van der Waals surface area contributed by atoms with Gasteiger partial charge < -0.3 is 10.2 Å². The van der Waals surface area contributed by atoms with E-state index in [9.17, 15) is 14.9 Å². The molecule has 0 saturated carbocycles. The van der Waals surface area contributed by atoms with Crippen LogP contribution in [0.1, 0.15) is 11.8 Å². The summed E-state index contributed by atoms with van der Waals surface area (Å²) in [5.41, 5.74) is 0.286. The molecule has 9 heteroatoms. The van der Waals surface area contributed by atoms with Crippen LogP contribution in [0.5, 0.6) is 0 Å². The summed E-state index contributed by atoms with van der Waals surface area (Å²) in [6.45, 7) is 6.42. The number of nitrogens with zero attached hydrogens (tertiary/aromatic N) is 3. The lowest BCUT2D eigenvalue weighted by Crippen LogP contribution is -2.53. The molecule has 2 aromatic rings. The molecule has 0 aliphatic carbocycles. The van der Waals surface area contributed by atoms with E-state index in [0.29, 0.717) is 5.69 Å². The molecule has 1 aromatic carbocycles. The lowest BCUT2D eigenvalue weighted by atomic mass is 10.2. The molecule has 1 atom stereocenters. The summed E-state index contributed by atoms with van der Waals surface area (Å²) in [6.07, 6.45) is 1.06. The van der Waals surface area contributed by atoms with E-state index in [2.05, 4.69) is 32.6 Å². The summed E-state index contributed by atoms with van der Waals surface area (Å²) in [5, 5.41) is 15.8. The van der Waals surface area contributed by atoms with E-state index in [-0.39, 0.29) is 22.7 Å². The van der Waals surface area contributed by atoms with Crippen molar-refractivity contribution >= 4 is 40.2 Å². The number of benzene rings is 1. The number of carbonyl (C=O) groups excluding carboxylic acids is 1. The SMILES string of the molecule is CC(C(=O)Nc1ccc([N+](=O)[O-])cc1Cl)N1CCN(CCc2cccs2)CC1. The molecule has 3 rings (SSSR count). The molecule has 1 amide bonds. The van der Waals surface area contributed by atoms with Crippen molar-refractivity contribution in [2.75, 3.05) is 38.0 Å². The predicted octanol–water partition coefficient (Wildman–Crippen LogP) is 3.50. The standard InChI is InChI=1S/C19H23ClN4O3S/c1-14(19(25)21-18-5-4-15(24(26)27)13-17(18)20)23-10-8-22(9-11-23)7-6-16-3-2-12-28-16/h2-5,12-14H,6-11H2,1H3,(H,21,25). The van der Waals surface area contributed by atoms with Gasteiger partial charge in [-0.25, -0.2) is 0 Å². The number of anilines is 1. The van der Waals surface area contributed by atoms with E-state index < -0.39 is 4.92 Å². The average Bonchev–Trinajstić information content (AvgIpc) is 3.21. The molecule has 7 nitrogen and oxygen atoms in total. The van der Waals surface area contributed by atoms with Gasteiger partial charge in [0.15, 0.2) is 0 Å². The number of nitro groups is 1. The van der Waals surface area contributed by atoms with Gasteiger partial charge in [0.1, 0.15) is 0 Å². The monoisotopic (exact) mass is 422 g/mol. The topological polar surface area (TPSA) is 78.7 Å². The Kier molecular flexibility index (Phi) is 7.01. The third-order valence-corrected chi connectivity index (χ3v) is 6.26. The first-order valence-electron chi connectivity index (χ1n) is 9.17. The Balaban J connectivity index is 1.48. The number of non-ortho nitro benzene ring substituents is 1. The van der Waals surface area contributed by atoms with Gasteiger partial charge in [0.2, 0.25) is 5.91 Å². The molecule has 2 heterocycles. The Morgan fingerprint density at radius 3 is 2.68 bits per heavy atom. The summed E-state index contributed by atoms with van der Waals surface area (Å²) < 4.78 is 0. The first-order chi connectivity index (χ1) is 13.4. The first kappa shape index (κ1) is 20.7. The number of halogens is 1. The number of piperazine rings is 1. The van der Waals surface area contributed by atoms with Crippen LogP contribution >= 0.6 is 22.9 Å². The predicted molar refractivity (Wildman–Crippen MR) is 112 cm³/mol. The number of carbonyl (C=O) groups is 1. The normalized spacial score (nSPS) is 16.6. The van der Waals surface area contributed by atoms with Crippen molar-refractivity contribution < 1.29 is 9.72 Å². The van der Waals surface area contributed by atoms with E-state index in [0.717, 1.165) is 39.1 Å². The van der Waals surface area contributed by atoms with E-state index in [1.54, 1.807) is 11.3 Å². The van der Waals surface area contributed by atoms with Crippen LogP contribution in [0.15, 0.2) is 35.7 Å². The van der Waals surface area contributed by atoms with Crippen molar-refractivity contribution in [3.05, 3.63) is 55.7 Å². The minimum Gasteiger partial charge on any atom is -0.323 e. The van der Waals surface area contributed by atoms with Gasteiger partial charge in [-0.2, -0.15) is 0 Å². The lowest BCUT2D eigenvalue weighted by molar-refractivity contribution is -0.384. The Morgan fingerprint density at radius 2 is 2.07 bits per heavy atom. The lowest BCUT2D eigenvalue weighted by Gasteiger charge is -2.37. The van der Waals surface area contributed by atoms with Crippen molar-refractivity contribution in [1.82, 2.24) is 9.80 Å². The Hall–Kier alpha value is -2.00. The van der Waals surface area contributed by atoms with Crippen molar-refractivity contribution in [2.45, 2.75) is 19.4 Å².